The molecule has 0 amide bonds. The van der Waals surface area contributed by atoms with Gasteiger partial charge >= 0.3 is 0 Å². The molecule has 3 rings (SSSR count). The standard InChI is InChI=1S/C15H15F3N2S.ClH/c16-11-4-3-10(13(17)14(11)18)15(12-2-1-9-21-12)20-7-5-19-6-8-20;/h1-4,9,15,19H,5-8H2;1H/t15-;/m1./s1. The SMILES string of the molecule is Cl.Fc1ccc([C@H](c2cccs2)N2CCNCC2)c(F)c1F. The van der Waals surface area contributed by atoms with Crippen LogP contribution >= 0.6 is 23.7 Å². The summed E-state index contributed by atoms with van der Waals surface area (Å²) in [6, 6.07) is 5.75. The molecule has 1 saturated heterocycles. The number of hydrogen-bond acceptors (Lipinski definition) is 3. The fraction of sp³-hybridized carbons (Fsp3) is 0.333. The zero-order valence-electron chi connectivity index (χ0n) is 11.7. The molecule has 1 aliphatic rings. The topological polar surface area (TPSA) is 15.3 Å². The Hall–Kier alpha value is -1.08. The monoisotopic (exact) mass is 348 g/mol. The third-order valence-corrected chi connectivity index (χ3v) is 4.61. The number of nitrogens with zero attached hydrogens (tertiary/aromatic N) is 1. The highest BCUT2D eigenvalue weighted by Crippen LogP contribution is 2.34. The molecule has 0 spiro atoms. The fourth-order valence-electron chi connectivity index (χ4n) is 2.67. The Morgan fingerprint density at radius 1 is 1.05 bits per heavy atom. The van der Waals surface area contributed by atoms with Crippen LogP contribution in [0.25, 0.3) is 0 Å². The first-order chi connectivity index (χ1) is 10.2. The first-order valence-corrected chi connectivity index (χ1v) is 7.68. The Bertz CT molecular complexity index is 616. The first kappa shape index (κ1) is 17.3. The van der Waals surface area contributed by atoms with E-state index in [4.69, 9.17) is 0 Å². The molecular formula is C15H16ClF3N2S. The minimum Gasteiger partial charge on any atom is -0.314 e. The average molecular weight is 349 g/mol. The number of hydrogen-bond donors (Lipinski definition) is 1. The van der Waals surface area contributed by atoms with Gasteiger partial charge in [0.25, 0.3) is 0 Å². The summed E-state index contributed by atoms with van der Waals surface area (Å²) >= 11 is 1.49. The van der Waals surface area contributed by atoms with Crippen LogP contribution in [-0.2, 0) is 0 Å². The molecule has 0 unspecified atom stereocenters. The Morgan fingerprint density at radius 2 is 1.77 bits per heavy atom. The van der Waals surface area contributed by atoms with Crippen LogP contribution in [0.1, 0.15) is 16.5 Å². The highest BCUT2D eigenvalue weighted by Gasteiger charge is 2.29. The molecule has 0 bridgehead atoms. The highest BCUT2D eigenvalue weighted by atomic mass is 35.5. The first-order valence-electron chi connectivity index (χ1n) is 6.80. The van der Waals surface area contributed by atoms with Gasteiger partial charge in [-0.3, -0.25) is 4.90 Å². The van der Waals surface area contributed by atoms with E-state index in [9.17, 15) is 13.2 Å². The molecule has 2 heterocycles. The summed E-state index contributed by atoms with van der Waals surface area (Å²) in [4.78, 5) is 3.03. The zero-order chi connectivity index (χ0) is 14.8. The van der Waals surface area contributed by atoms with Crippen molar-refractivity contribution in [3.63, 3.8) is 0 Å². The fourth-order valence-corrected chi connectivity index (χ4v) is 3.55. The lowest BCUT2D eigenvalue weighted by atomic mass is 10.0. The number of rotatable bonds is 3. The van der Waals surface area contributed by atoms with Crippen molar-refractivity contribution in [2.24, 2.45) is 0 Å². The summed E-state index contributed by atoms with van der Waals surface area (Å²) in [5, 5.41) is 5.14. The van der Waals surface area contributed by atoms with E-state index in [1.807, 2.05) is 17.5 Å². The van der Waals surface area contributed by atoms with E-state index >= 15 is 0 Å². The van der Waals surface area contributed by atoms with Gasteiger partial charge in [-0.25, -0.2) is 13.2 Å². The van der Waals surface area contributed by atoms with Crippen LogP contribution in [0.5, 0.6) is 0 Å². The molecule has 1 aromatic heterocycles. The van der Waals surface area contributed by atoms with Crippen LogP contribution in [-0.4, -0.2) is 31.1 Å². The quantitative estimate of drug-likeness (QED) is 0.853. The van der Waals surface area contributed by atoms with Crippen molar-refractivity contribution in [3.8, 4) is 0 Å². The minimum absolute atomic E-state index is 0. The van der Waals surface area contributed by atoms with E-state index in [1.54, 1.807) is 0 Å². The van der Waals surface area contributed by atoms with Gasteiger partial charge in [0.15, 0.2) is 17.5 Å². The average Bonchev–Trinajstić information content (AvgIpc) is 3.03. The van der Waals surface area contributed by atoms with E-state index in [1.165, 1.54) is 17.4 Å². The Morgan fingerprint density at radius 3 is 2.41 bits per heavy atom. The molecule has 2 aromatic rings. The summed E-state index contributed by atoms with van der Waals surface area (Å²) in [5.41, 5.74) is 0.193. The van der Waals surface area contributed by atoms with Gasteiger partial charge in [-0.1, -0.05) is 12.1 Å². The summed E-state index contributed by atoms with van der Waals surface area (Å²) in [6.45, 7) is 3.07. The minimum atomic E-state index is -1.40. The van der Waals surface area contributed by atoms with Crippen molar-refractivity contribution in [2.45, 2.75) is 6.04 Å². The molecule has 0 radical (unpaired) electrons. The van der Waals surface area contributed by atoms with Gasteiger partial charge in [-0.2, -0.15) is 0 Å². The van der Waals surface area contributed by atoms with E-state index in [0.29, 0.717) is 0 Å². The highest BCUT2D eigenvalue weighted by molar-refractivity contribution is 7.10. The molecule has 2 nitrogen and oxygen atoms in total. The summed E-state index contributed by atoms with van der Waals surface area (Å²) in [5.74, 6) is -3.64. The van der Waals surface area contributed by atoms with Crippen LogP contribution in [0.15, 0.2) is 29.6 Å². The van der Waals surface area contributed by atoms with E-state index in [2.05, 4.69) is 10.2 Å². The van der Waals surface area contributed by atoms with Crippen LogP contribution in [0.4, 0.5) is 13.2 Å². The van der Waals surface area contributed by atoms with E-state index in [-0.39, 0.29) is 24.0 Å². The Balaban J connectivity index is 0.00000176. The van der Waals surface area contributed by atoms with Gasteiger partial charge in [-0.15, -0.1) is 23.7 Å². The maximum Gasteiger partial charge on any atom is 0.194 e. The molecule has 1 N–H and O–H groups in total. The van der Waals surface area contributed by atoms with Crippen molar-refractivity contribution < 1.29 is 13.2 Å². The van der Waals surface area contributed by atoms with Crippen molar-refractivity contribution >= 4 is 23.7 Å². The molecule has 22 heavy (non-hydrogen) atoms. The summed E-state index contributed by atoms with van der Waals surface area (Å²) < 4.78 is 41.0. The lowest BCUT2D eigenvalue weighted by Gasteiger charge is -2.34. The number of piperazine rings is 1. The molecule has 0 saturated carbocycles. The largest absolute Gasteiger partial charge is 0.314 e. The second kappa shape index (κ2) is 7.46. The molecule has 7 heteroatoms. The van der Waals surface area contributed by atoms with Crippen molar-refractivity contribution in [3.05, 3.63) is 57.5 Å². The second-order valence-corrected chi connectivity index (χ2v) is 5.95. The molecular weight excluding hydrogens is 333 g/mol. The van der Waals surface area contributed by atoms with Gasteiger partial charge in [0.1, 0.15) is 0 Å². The Kier molecular flexibility index (Phi) is 5.86. The van der Waals surface area contributed by atoms with Gasteiger partial charge in [0.05, 0.1) is 6.04 Å². The third-order valence-electron chi connectivity index (χ3n) is 3.69. The van der Waals surface area contributed by atoms with Crippen LogP contribution in [0.2, 0.25) is 0 Å². The van der Waals surface area contributed by atoms with E-state index in [0.717, 1.165) is 37.1 Å². The lowest BCUT2D eigenvalue weighted by Crippen LogP contribution is -2.45. The summed E-state index contributed by atoms with van der Waals surface area (Å²) in [7, 11) is 0. The van der Waals surface area contributed by atoms with Gasteiger partial charge in [-0.05, 0) is 17.5 Å². The number of nitrogens with one attached hydrogen (secondary N) is 1. The lowest BCUT2D eigenvalue weighted by molar-refractivity contribution is 0.196. The second-order valence-electron chi connectivity index (χ2n) is 4.97. The van der Waals surface area contributed by atoms with Gasteiger partial charge in [0.2, 0.25) is 0 Å². The predicted molar refractivity (Wildman–Crippen MR) is 84.2 cm³/mol. The third kappa shape index (κ3) is 3.30. The van der Waals surface area contributed by atoms with Crippen LogP contribution < -0.4 is 5.32 Å². The maximum atomic E-state index is 14.2. The molecule has 120 valence electrons. The van der Waals surface area contributed by atoms with Gasteiger partial charge < -0.3 is 5.32 Å². The van der Waals surface area contributed by atoms with Crippen molar-refractivity contribution in [1.82, 2.24) is 10.2 Å². The normalized spacial score (nSPS) is 17.0. The van der Waals surface area contributed by atoms with Crippen LogP contribution in [0.3, 0.4) is 0 Å². The number of thiophene rings is 1. The van der Waals surface area contributed by atoms with E-state index < -0.39 is 17.5 Å². The molecule has 1 fully saturated rings. The Labute approximate surface area is 137 Å². The smallest absolute Gasteiger partial charge is 0.194 e. The predicted octanol–water partition coefficient (Wildman–Crippen LogP) is 3.58. The van der Waals surface area contributed by atoms with Crippen molar-refractivity contribution in [1.29, 1.82) is 0 Å². The van der Waals surface area contributed by atoms with Crippen molar-refractivity contribution in [2.75, 3.05) is 26.2 Å². The van der Waals surface area contributed by atoms with Crippen LogP contribution in [0, 0.1) is 17.5 Å². The number of halogens is 4. The summed E-state index contributed by atoms with van der Waals surface area (Å²) in [6.07, 6.45) is 0. The molecule has 1 aromatic carbocycles. The molecule has 1 aliphatic heterocycles. The zero-order valence-corrected chi connectivity index (χ0v) is 13.3. The van der Waals surface area contributed by atoms with Gasteiger partial charge in [0, 0.05) is 36.6 Å². The molecule has 1 atom stereocenters. The maximum absolute atomic E-state index is 14.2. The number of benzene rings is 1. The molecule has 0 aliphatic carbocycles.